The van der Waals surface area contributed by atoms with Crippen molar-refractivity contribution in [2.45, 2.75) is 20.3 Å². The molecule has 1 aromatic heterocycles. The van der Waals surface area contributed by atoms with Crippen LogP contribution in [-0.4, -0.2) is 10.9 Å². The van der Waals surface area contributed by atoms with E-state index >= 15 is 0 Å². The molecule has 0 radical (unpaired) electrons. The summed E-state index contributed by atoms with van der Waals surface area (Å²) in [4.78, 5) is 15.2. The molecule has 0 aliphatic carbocycles. The molecule has 0 atom stereocenters. The lowest BCUT2D eigenvalue weighted by molar-refractivity contribution is -0.116. The minimum atomic E-state index is 0.0444. The smallest absolute Gasteiger partial charge is 0.224 e. The first-order valence-electron chi connectivity index (χ1n) is 4.38. The molecule has 13 heavy (non-hydrogen) atoms. The van der Waals surface area contributed by atoms with Crippen LogP contribution in [0.3, 0.4) is 0 Å². The number of aromatic nitrogens is 1. The topological polar surface area (TPSA) is 42.0 Å². The molecule has 1 N–H and O–H groups in total. The number of nitrogens with zero attached hydrogens (tertiary/aromatic N) is 1. The van der Waals surface area contributed by atoms with Crippen molar-refractivity contribution in [3.8, 4) is 0 Å². The van der Waals surface area contributed by atoms with Crippen LogP contribution >= 0.6 is 0 Å². The molecule has 70 valence electrons. The van der Waals surface area contributed by atoms with Gasteiger partial charge in [0, 0.05) is 12.6 Å². The van der Waals surface area contributed by atoms with E-state index in [9.17, 15) is 4.79 Å². The number of hydrogen-bond donors (Lipinski definition) is 1. The molecule has 0 spiro atoms. The second kappa shape index (κ2) is 4.60. The number of rotatable bonds is 3. The molecule has 3 heteroatoms. The van der Waals surface area contributed by atoms with Gasteiger partial charge < -0.3 is 5.32 Å². The lowest BCUT2D eigenvalue weighted by Crippen LogP contribution is -2.13. The van der Waals surface area contributed by atoms with Gasteiger partial charge in [-0.1, -0.05) is 13.8 Å². The maximum Gasteiger partial charge on any atom is 0.224 e. The van der Waals surface area contributed by atoms with E-state index in [0.29, 0.717) is 12.3 Å². The van der Waals surface area contributed by atoms with Crippen molar-refractivity contribution < 1.29 is 4.79 Å². The van der Waals surface area contributed by atoms with E-state index in [1.54, 1.807) is 18.5 Å². The lowest BCUT2D eigenvalue weighted by atomic mass is 10.1. The fourth-order valence-electron chi connectivity index (χ4n) is 1.02. The Labute approximate surface area is 78.2 Å². The van der Waals surface area contributed by atoms with Crippen LogP contribution in [0.2, 0.25) is 0 Å². The van der Waals surface area contributed by atoms with Gasteiger partial charge in [-0.15, -0.1) is 0 Å². The molecule has 0 aliphatic rings. The van der Waals surface area contributed by atoms with Crippen molar-refractivity contribution in [3.05, 3.63) is 24.5 Å². The van der Waals surface area contributed by atoms with Gasteiger partial charge in [0.25, 0.3) is 0 Å². The van der Waals surface area contributed by atoms with Gasteiger partial charge in [-0.2, -0.15) is 0 Å². The molecule has 0 saturated carbocycles. The Morgan fingerprint density at radius 1 is 1.62 bits per heavy atom. The average Bonchev–Trinajstić information content (AvgIpc) is 2.04. The first-order valence-corrected chi connectivity index (χ1v) is 4.38. The van der Waals surface area contributed by atoms with E-state index in [0.717, 1.165) is 5.69 Å². The van der Waals surface area contributed by atoms with Crippen molar-refractivity contribution in [2.24, 2.45) is 5.92 Å². The monoisotopic (exact) mass is 178 g/mol. The van der Waals surface area contributed by atoms with E-state index in [-0.39, 0.29) is 5.91 Å². The normalized spacial score (nSPS) is 10.1. The highest BCUT2D eigenvalue weighted by Crippen LogP contribution is 2.06. The summed E-state index contributed by atoms with van der Waals surface area (Å²) in [5.41, 5.74) is 0.758. The lowest BCUT2D eigenvalue weighted by Gasteiger charge is -2.05. The van der Waals surface area contributed by atoms with Crippen LogP contribution in [0.5, 0.6) is 0 Å². The van der Waals surface area contributed by atoms with Crippen LogP contribution in [0.15, 0.2) is 24.5 Å². The predicted octanol–water partition coefficient (Wildman–Crippen LogP) is 2.07. The number of nitrogens with one attached hydrogen (secondary N) is 1. The predicted molar refractivity (Wildman–Crippen MR) is 52.3 cm³/mol. The van der Waals surface area contributed by atoms with Gasteiger partial charge in [0.15, 0.2) is 0 Å². The summed E-state index contributed by atoms with van der Waals surface area (Å²) in [6.07, 6.45) is 3.87. The van der Waals surface area contributed by atoms with Gasteiger partial charge >= 0.3 is 0 Å². The number of anilines is 1. The third-order valence-electron chi connectivity index (χ3n) is 1.54. The van der Waals surface area contributed by atoms with Gasteiger partial charge in [0.2, 0.25) is 5.91 Å². The molecule has 0 bridgehead atoms. The van der Waals surface area contributed by atoms with Crippen LogP contribution in [-0.2, 0) is 4.79 Å². The molecule has 3 nitrogen and oxygen atoms in total. The van der Waals surface area contributed by atoms with Crippen LogP contribution < -0.4 is 5.32 Å². The summed E-state index contributed by atoms with van der Waals surface area (Å²) < 4.78 is 0. The highest BCUT2D eigenvalue weighted by molar-refractivity contribution is 5.90. The van der Waals surface area contributed by atoms with Crippen molar-refractivity contribution >= 4 is 11.6 Å². The molecule has 1 rings (SSSR count). The van der Waals surface area contributed by atoms with Gasteiger partial charge in [0.05, 0.1) is 11.9 Å². The summed E-state index contributed by atoms with van der Waals surface area (Å²) in [7, 11) is 0. The van der Waals surface area contributed by atoms with E-state index in [1.165, 1.54) is 0 Å². The quantitative estimate of drug-likeness (QED) is 0.769. The molecule has 1 amide bonds. The largest absolute Gasteiger partial charge is 0.325 e. The maximum atomic E-state index is 11.3. The first-order chi connectivity index (χ1) is 6.18. The zero-order valence-electron chi connectivity index (χ0n) is 7.95. The number of pyridine rings is 1. The van der Waals surface area contributed by atoms with E-state index < -0.39 is 0 Å². The molecule has 0 aromatic carbocycles. The Bertz CT molecular complexity index is 270. The third-order valence-corrected chi connectivity index (χ3v) is 1.54. The minimum absolute atomic E-state index is 0.0444. The SMILES string of the molecule is CC(C)CC(=O)Nc1cccnc1. The van der Waals surface area contributed by atoms with E-state index in [4.69, 9.17) is 0 Å². The van der Waals surface area contributed by atoms with Crippen molar-refractivity contribution in [1.29, 1.82) is 0 Å². The summed E-state index contributed by atoms with van der Waals surface area (Å²) in [5.74, 6) is 0.430. The summed E-state index contributed by atoms with van der Waals surface area (Å²) in [6, 6.07) is 3.62. The number of carbonyl (C=O) groups excluding carboxylic acids is 1. The second-order valence-electron chi connectivity index (χ2n) is 3.39. The summed E-state index contributed by atoms with van der Waals surface area (Å²) in [6.45, 7) is 4.03. The Hall–Kier alpha value is -1.38. The van der Waals surface area contributed by atoms with Crippen molar-refractivity contribution in [1.82, 2.24) is 4.98 Å². The molecule has 1 aromatic rings. The zero-order valence-corrected chi connectivity index (χ0v) is 7.95. The molecular weight excluding hydrogens is 164 g/mol. The number of amides is 1. The average molecular weight is 178 g/mol. The Balaban J connectivity index is 2.46. The Kier molecular flexibility index (Phi) is 3.43. The third kappa shape index (κ3) is 3.69. The first kappa shape index (κ1) is 9.71. The standard InChI is InChI=1S/C10H14N2O/c1-8(2)6-10(13)12-9-4-3-5-11-7-9/h3-5,7-8H,6H2,1-2H3,(H,12,13). The van der Waals surface area contributed by atoms with E-state index in [1.807, 2.05) is 19.9 Å². The molecule has 1 heterocycles. The maximum absolute atomic E-state index is 11.3. The minimum Gasteiger partial charge on any atom is -0.325 e. The van der Waals surface area contributed by atoms with Crippen molar-refractivity contribution in [2.75, 3.05) is 5.32 Å². The summed E-state index contributed by atoms with van der Waals surface area (Å²) in [5, 5.41) is 2.77. The summed E-state index contributed by atoms with van der Waals surface area (Å²) >= 11 is 0. The van der Waals surface area contributed by atoms with Crippen molar-refractivity contribution in [3.63, 3.8) is 0 Å². The van der Waals surface area contributed by atoms with Gasteiger partial charge in [-0.05, 0) is 18.1 Å². The van der Waals surface area contributed by atoms with E-state index in [2.05, 4.69) is 10.3 Å². The van der Waals surface area contributed by atoms with Gasteiger partial charge in [-0.3, -0.25) is 9.78 Å². The highest BCUT2D eigenvalue weighted by Gasteiger charge is 2.04. The highest BCUT2D eigenvalue weighted by atomic mass is 16.1. The van der Waals surface area contributed by atoms with Crippen LogP contribution in [0.25, 0.3) is 0 Å². The molecule has 0 saturated heterocycles. The van der Waals surface area contributed by atoms with Crippen LogP contribution in [0.1, 0.15) is 20.3 Å². The Morgan fingerprint density at radius 3 is 2.92 bits per heavy atom. The number of carbonyl (C=O) groups is 1. The molecule has 0 fully saturated rings. The molecule has 0 aliphatic heterocycles. The molecular formula is C10H14N2O. The van der Waals surface area contributed by atoms with Crippen LogP contribution in [0, 0.1) is 5.92 Å². The fraction of sp³-hybridized carbons (Fsp3) is 0.400. The Morgan fingerprint density at radius 2 is 2.38 bits per heavy atom. The van der Waals surface area contributed by atoms with Gasteiger partial charge in [-0.25, -0.2) is 0 Å². The number of hydrogen-bond acceptors (Lipinski definition) is 2. The van der Waals surface area contributed by atoms with Gasteiger partial charge in [0.1, 0.15) is 0 Å². The fourth-order valence-corrected chi connectivity index (χ4v) is 1.02. The molecule has 0 unspecified atom stereocenters. The second-order valence-corrected chi connectivity index (χ2v) is 3.39. The van der Waals surface area contributed by atoms with Crippen LogP contribution in [0.4, 0.5) is 5.69 Å². The zero-order chi connectivity index (χ0) is 9.68.